The average Bonchev–Trinajstić information content (AvgIpc) is 2.49. The van der Waals surface area contributed by atoms with Crippen molar-refractivity contribution < 1.29 is 4.79 Å². The van der Waals surface area contributed by atoms with E-state index in [4.69, 9.17) is 0 Å². The van der Waals surface area contributed by atoms with Crippen molar-refractivity contribution in [2.24, 2.45) is 0 Å². The monoisotopic (exact) mass is 268 g/mol. The maximum atomic E-state index is 12.2. The number of hydrogen-bond acceptors (Lipinski definition) is 2. The van der Waals surface area contributed by atoms with Crippen molar-refractivity contribution in [3.63, 3.8) is 0 Å². The van der Waals surface area contributed by atoms with Crippen molar-refractivity contribution in [1.82, 2.24) is 0 Å². The highest BCUT2D eigenvalue weighted by atomic mass is 16.1. The molecule has 2 aromatic rings. The summed E-state index contributed by atoms with van der Waals surface area (Å²) < 4.78 is 0. The standard InChI is InChI=1S/C17H20N2O/c1-3-13-7-5-6-8-16(13)19-17(20)14-9-11-15(12-10-14)18-4-2/h5-12,18H,3-4H2,1-2H3,(H,19,20). The van der Waals surface area contributed by atoms with Gasteiger partial charge in [-0.25, -0.2) is 0 Å². The number of carbonyl (C=O) groups excluding carboxylic acids is 1. The van der Waals surface area contributed by atoms with E-state index in [1.165, 1.54) is 0 Å². The minimum Gasteiger partial charge on any atom is -0.385 e. The van der Waals surface area contributed by atoms with Gasteiger partial charge < -0.3 is 10.6 Å². The highest BCUT2D eigenvalue weighted by molar-refractivity contribution is 6.04. The third-order valence-corrected chi connectivity index (χ3v) is 3.17. The summed E-state index contributed by atoms with van der Waals surface area (Å²) in [5.74, 6) is -0.0750. The van der Waals surface area contributed by atoms with Crippen molar-refractivity contribution in [2.75, 3.05) is 17.2 Å². The minimum absolute atomic E-state index is 0.0750. The molecule has 0 spiro atoms. The molecule has 0 fully saturated rings. The Balaban J connectivity index is 2.11. The predicted molar refractivity (Wildman–Crippen MR) is 84.4 cm³/mol. The molecule has 0 saturated heterocycles. The Labute approximate surface area is 120 Å². The molecule has 2 rings (SSSR count). The molecule has 0 aliphatic rings. The minimum atomic E-state index is -0.0750. The fourth-order valence-electron chi connectivity index (χ4n) is 2.09. The second-order valence-corrected chi connectivity index (χ2v) is 4.57. The second kappa shape index (κ2) is 6.75. The molecule has 0 aromatic heterocycles. The van der Waals surface area contributed by atoms with Crippen molar-refractivity contribution in [3.8, 4) is 0 Å². The van der Waals surface area contributed by atoms with Crippen LogP contribution in [0.25, 0.3) is 0 Å². The topological polar surface area (TPSA) is 41.1 Å². The summed E-state index contributed by atoms with van der Waals surface area (Å²) in [6.07, 6.45) is 0.899. The number of rotatable bonds is 5. The number of carbonyl (C=O) groups is 1. The van der Waals surface area contributed by atoms with E-state index in [0.29, 0.717) is 5.56 Å². The lowest BCUT2D eigenvalue weighted by molar-refractivity contribution is 0.102. The molecule has 0 bridgehead atoms. The van der Waals surface area contributed by atoms with Crippen LogP contribution in [0.2, 0.25) is 0 Å². The van der Waals surface area contributed by atoms with Crippen LogP contribution in [0.15, 0.2) is 48.5 Å². The van der Waals surface area contributed by atoms with E-state index in [0.717, 1.165) is 29.9 Å². The normalized spacial score (nSPS) is 10.1. The van der Waals surface area contributed by atoms with Crippen LogP contribution in [0.3, 0.4) is 0 Å². The van der Waals surface area contributed by atoms with E-state index in [2.05, 4.69) is 17.6 Å². The summed E-state index contributed by atoms with van der Waals surface area (Å²) >= 11 is 0. The van der Waals surface area contributed by atoms with E-state index in [9.17, 15) is 4.79 Å². The van der Waals surface area contributed by atoms with Crippen molar-refractivity contribution >= 4 is 17.3 Å². The van der Waals surface area contributed by atoms with Crippen LogP contribution in [-0.4, -0.2) is 12.5 Å². The van der Waals surface area contributed by atoms with Gasteiger partial charge in [0.05, 0.1) is 0 Å². The molecule has 3 heteroatoms. The van der Waals surface area contributed by atoms with E-state index in [1.54, 1.807) is 0 Å². The first-order valence-corrected chi connectivity index (χ1v) is 6.97. The maximum absolute atomic E-state index is 12.2. The Hall–Kier alpha value is -2.29. The summed E-state index contributed by atoms with van der Waals surface area (Å²) in [5, 5.41) is 6.18. The molecule has 104 valence electrons. The summed E-state index contributed by atoms with van der Waals surface area (Å²) in [5.41, 5.74) is 3.72. The van der Waals surface area contributed by atoms with Crippen molar-refractivity contribution in [1.29, 1.82) is 0 Å². The lowest BCUT2D eigenvalue weighted by Gasteiger charge is -2.10. The lowest BCUT2D eigenvalue weighted by atomic mass is 10.1. The van der Waals surface area contributed by atoms with Crippen LogP contribution in [-0.2, 0) is 6.42 Å². The van der Waals surface area contributed by atoms with E-state index >= 15 is 0 Å². The number of para-hydroxylation sites is 1. The first-order valence-electron chi connectivity index (χ1n) is 6.97. The SMILES string of the molecule is CCNc1ccc(C(=O)Nc2ccccc2CC)cc1. The zero-order valence-electron chi connectivity index (χ0n) is 11.9. The van der Waals surface area contributed by atoms with E-state index in [-0.39, 0.29) is 5.91 Å². The molecule has 0 saturated carbocycles. The molecule has 2 aromatic carbocycles. The molecule has 0 heterocycles. The number of aryl methyl sites for hydroxylation is 1. The van der Waals surface area contributed by atoms with Gasteiger partial charge in [-0.05, 0) is 49.2 Å². The van der Waals surface area contributed by atoms with Gasteiger partial charge in [0.25, 0.3) is 5.91 Å². The number of benzene rings is 2. The Morgan fingerprint density at radius 2 is 1.70 bits per heavy atom. The van der Waals surface area contributed by atoms with Crippen LogP contribution in [0.5, 0.6) is 0 Å². The van der Waals surface area contributed by atoms with Crippen LogP contribution in [0.1, 0.15) is 29.8 Å². The van der Waals surface area contributed by atoms with E-state index < -0.39 is 0 Å². The van der Waals surface area contributed by atoms with Crippen LogP contribution in [0.4, 0.5) is 11.4 Å². The Morgan fingerprint density at radius 3 is 2.35 bits per heavy atom. The van der Waals surface area contributed by atoms with Gasteiger partial charge in [-0.3, -0.25) is 4.79 Å². The Bertz CT molecular complexity index is 576. The smallest absolute Gasteiger partial charge is 0.255 e. The fourth-order valence-corrected chi connectivity index (χ4v) is 2.09. The summed E-state index contributed by atoms with van der Waals surface area (Å²) in [6.45, 7) is 4.99. The summed E-state index contributed by atoms with van der Waals surface area (Å²) in [6, 6.07) is 15.4. The average molecular weight is 268 g/mol. The predicted octanol–water partition coefficient (Wildman–Crippen LogP) is 3.93. The van der Waals surface area contributed by atoms with Gasteiger partial charge in [-0.2, -0.15) is 0 Å². The number of anilines is 2. The zero-order valence-corrected chi connectivity index (χ0v) is 11.9. The third kappa shape index (κ3) is 3.38. The molecule has 0 aliphatic carbocycles. The van der Waals surface area contributed by atoms with E-state index in [1.807, 2.05) is 55.5 Å². The molecule has 0 radical (unpaired) electrons. The number of amides is 1. The third-order valence-electron chi connectivity index (χ3n) is 3.17. The molecular weight excluding hydrogens is 248 g/mol. The molecule has 2 N–H and O–H groups in total. The molecule has 0 aliphatic heterocycles. The number of hydrogen-bond donors (Lipinski definition) is 2. The van der Waals surface area contributed by atoms with Crippen molar-refractivity contribution in [2.45, 2.75) is 20.3 Å². The largest absolute Gasteiger partial charge is 0.385 e. The first kappa shape index (κ1) is 14.1. The molecule has 1 amide bonds. The molecule has 20 heavy (non-hydrogen) atoms. The van der Waals surface area contributed by atoms with Gasteiger partial charge in [0.15, 0.2) is 0 Å². The Morgan fingerprint density at radius 1 is 1.00 bits per heavy atom. The fraction of sp³-hybridized carbons (Fsp3) is 0.235. The molecule has 0 unspecified atom stereocenters. The highest BCUT2D eigenvalue weighted by Gasteiger charge is 2.07. The zero-order chi connectivity index (χ0) is 14.4. The van der Waals surface area contributed by atoms with Gasteiger partial charge in [-0.15, -0.1) is 0 Å². The molecular formula is C17H20N2O. The van der Waals surface area contributed by atoms with Crippen molar-refractivity contribution in [3.05, 3.63) is 59.7 Å². The molecule has 3 nitrogen and oxygen atoms in total. The van der Waals surface area contributed by atoms with Gasteiger partial charge >= 0.3 is 0 Å². The quantitative estimate of drug-likeness (QED) is 0.862. The summed E-state index contributed by atoms with van der Waals surface area (Å²) in [4.78, 5) is 12.2. The Kier molecular flexibility index (Phi) is 4.77. The van der Waals surface area contributed by atoms with Gasteiger partial charge in [0.1, 0.15) is 0 Å². The highest BCUT2D eigenvalue weighted by Crippen LogP contribution is 2.17. The van der Waals surface area contributed by atoms with Crippen LogP contribution < -0.4 is 10.6 Å². The van der Waals surface area contributed by atoms with Gasteiger partial charge in [0, 0.05) is 23.5 Å². The first-order chi connectivity index (χ1) is 9.74. The van der Waals surface area contributed by atoms with Crippen LogP contribution in [0, 0.1) is 0 Å². The van der Waals surface area contributed by atoms with Gasteiger partial charge in [-0.1, -0.05) is 25.1 Å². The molecule has 0 atom stereocenters. The maximum Gasteiger partial charge on any atom is 0.255 e. The summed E-state index contributed by atoms with van der Waals surface area (Å²) in [7, 11) is 0. The van der Waals surface area contributed by atoms with Crippen LogP contribution >= 0.6 is 0 Å². The van der Waals surface area contributed by atoms with Gasteiger partial charge in [0.2, 0.25) is 0 Å². The second-order valence-electron chi connectivity index (χ2n) is 4.57. The number of nitrogens with one attached hydrogen (secondary N) is 2. The lowest BCUT2D eigenvalue weighted by Crippen LogP contribution is -2.13.